The van der Waals surface area contributed by atoms with Crippen molar-refractivity contribution < 1.29 is 9.53 Å². The number of ether oxygens (including phenoxy) is 1. The molecule has 22 heavy (non-hydrogen) atoms. The fraction of sp³-hybridized carbons (Fsp3) is 0.400. The van der Waals surface area contributed by atoms with Crippen molar-refractivity contribution in [2.75, 3.05) is 12.9 Å². The smallest absolute Gasteiger partial charge is 0.224 e. The Bertz CT molecular complexity index is 625. The molecule has 0 saturated carbocycles. The molecule has 2 rings (SSSR count). The Morgan fingerprint density at radius 3 is 2.64 bits per heavy atom. The van der Waals surface area contributed by atoms with Crippen molar-refractivity contribution in [3.63, 3.8) is 0 Å². The van der Waals surface area contributed by atoms with Crippen LogP contribution in [0.3, 0.4) is 0 Å². The number of hydrogen-bond acceptors (Lipinski definition) is 5. The number of thioether (sulfide) groups is 1. The van der Waals surface area contributed by atoms with Gasteiger partial charge < -0.3 is 14.6 Å². The van der Waals surface area contributed by atoms with Crippen LogP contribution in [-0.4, -0.2) is 33.5 Å². The molecule has 0 unspecified atom stereocenters. The summed E-state index contributed by atoms with van der Waals surface area (Å²) >= 11 is 1.52. The maximum Gasteiger partial charge on any atom is 0.224 e. The number of amides is 1. The number of nitrogens with zero attached hydrogens (tertiary/aromatic N) is 3. The monoisotopic (exact) mass is 320 g/mol. The second kappa shape index (κ2) is 7.84. The van der Waals surface area contributed by atoms with Crippen LogP contribution in [0.2, 0.25) is 0 Å². The van der Waals surface area contributed by atoms with E-state index >= 15 is 0 Å². The number of benzene rings is 1. The van der Waals surface area contributed by atoms with E-state index in [0.717, 1.165) is 22.3 Å². The molecule has 1 amide bonds. The van der Waals surface area contributed by atoms with Crippen molar-refractivity contribution in [2.24, 2.45) is 7.05 Å². The lowest BCUT2D eigenvalue weighted by molar-refractivity contribution is -0.120. The SMILES string of the molecule is CCOc1ccc(CC(=O)NCc2nnc(SC)n2C)cc1. The molecule has 1 N–H and O–H groups in total. The van der Waals surface area contributed by atoms with Gasteiger partial charge in [-0.2, -0.15) is 0 Å². The molecule has 0 aliphatic carbocycles. The van der Waals surface area contributed by atoms with Crippen molar-refractivity contribution in [3.8, 4) is 5.75 Å². The molecular formula is C15H20N4O2S. The first-order chi connectivity index (χ1) is 10.6. The van der Waals surface area contributed by atoms with Crippen LogP contribution >= 0.6 is 11.8 Å². The van der Waals surface area contributed by atoms with Gasteiger partial charge in [0.15, 0.2) is 11.0 Å². The molecular weight excluding hydrogens is 300 g/mol. The third-order valence-electron chi connectivity index (χ3n) is 3.15. The number of carbonyl (C=O) groups is 1. The lowest BCUT2D eigenvalue weighted by Crippen LogP contribution is -2.26. The minimum Gasteiger partial charge on any atom is -0.494 e. The zero-order chi connectivity index (χ0) is 15.9. The molecule has 0 bridgehead atoms. The van der Waals surface area contributed by atoms with Crippen LogP contribution in [0.25, 0.3) is 0 Å². The van der Waals surface area contributed by atoms with Crippen LogP contribution in [-0.2, 0) is 24.8 Å². The van der Waals surface area contributed by atoms with Crippen LogP contribution in [0.15, 0.2) is 29.4 Å². The number of nitrogens with one attached hydrogen (secondary N) is 1. The minimum atomic E-state index is -0.0436. The summed E-state index contributed by atoms with van der Waals surface area (Å²) in [5.74, 6) is 1.51. The van der Waals surface area contributed by atoms with Crippen molar-refractivity contribution >= 4 is 17.7 Å². The Hall–Kier alpha value is -2.02. The maximum atomic E-state index is 12.0. The molecule has 1 aromatic heterocycles. The summed E-state index contributed by atoms with van der Waals surface area (Å²) < 4.78 is 7.25. The Morgan fingerprint density at radius 1 is 1.32 bits per heavy atom. The van der Waals surface area contributed by atoms with Gasteiger partial charge in [0.2, 0.25) is 5.91 Å². The second-order valence-corrected chi connectivity index (χ2v) is 5.47. The van der Waals surface area contributed by atoms with Gasteiger partial charge in [0.25, 0.3) is 0 Å². The molecule has 0 atom stereocenters. The number of hydrogen-bond donors (Lipinski definition) is 1. The van der Waals surface area contributed by atoms with Gasteiger partial charge in [-0.05, 0) is 30.9 Å². The highest BCUT2D eigenvalue weighted by Gasteiger charge is 2.09. The normalized spacial score (nSPS) is 10.5. The van der Waals surface area contributed by atoms with Crippen molar-refractivity contribution in [1.82, 2.24) is 20.1 Å². The standard InChI is InChI=1S/C15H20N4O2S/c1-4-21-12-7-5-11(6-8-12)9-14(20)16-10-13-17-18-15(22-3)19(13)2/h5-8H,4,9-10H2,1-3H3,(H,16,20). The van der Waals surface area contributed by atoms with Crippen molar-refractivity contribution in [2.45, 2.75) is 25.0 Å². The topological polar surface area (TPSA) is 69.0 Å². The summed E-state index contributed by atoms with van der Waals surface area (Å²) in [7, 11) is 1.89. The zero-order valence-corrected chi connectivity index (χ0v) is 13.8. The number of carbonyl (C=O) groups excluding carboxylic acids is 1. The largest absolute Gasteiger partial charge is 0.494 e. The maximum absolute atomic E-state index is 12.0. The van der Waals surface area contributed by atoms with Gasteiger partial charge >= 0.3 is 0 Å². The fourth-order valence-electron chi connectivity index (χ4n) is 1.97. The first-order valence-electron chi connectivity index (χ1n) is 7.04. The Balaban J connectivity index is 1.86. The van der Waals surface area contributed by atoms with Crippen LogP contribution in [0, 0.1) is 0 Å². The van der Waals surface area contributed by atoms with E-state index in [1.165, 1.54) is 11.8 Å². The minimum absolute atomic E-state index is 0.0436. The van der Waals surface area contributed by atoms with Gasteiger partial charge in [-0.1, -0.05) is 23.9 Å². The van der Waals surface area contributed by atoms with E-state index in [0.29, 0.717) is 19.6 Å². The predicted molar refractivity (Wildman–Crippen MR) is 85.9 cm³/mol. The first-order valence-corrected chi connectivity index (χ1v) is 8.27. The lowest BCUT2D eigenvalue weighted by Gasteiger charge is -2.07. The summed E-state index contributed by atoms with van der Waals surface area (Å²) in [6, 6.07) is 7.55. The van der Waals surface area contributed by atoms with Crippen molar-refractivity contribution in [1.29, 1.82) is 0 Å². The number of aromatic nitrogens is 3. The molecule has 2 aromatic rings. The first kappa shape index (κ1) is 16.4. The molecule has 1 heterocycles. The molecule has 1 aromatic carbocycles. The van der Waals surface area contributed by atoms with E-state index in [1.54, 1.807) is 0 Å². The number of rotatable bonds is 7. The third kappa shape index (κ3) is 4.24. The van der Waals surface area contributed by atoms with Crippen molar-refractivity contribution in [3.05, 3.63) is 35.7 Å². The van der Waals surface area contributed by atoms with E-state index in [-0.39, 0.29) is 5.91 Å². The molecule has 118 valence electrons. The zero-order valence-electron chi connectivity index (χ0n) is 13.0. The van der Waals surface area contributed by atoms with E-state index in [9.17, 15) is 4.79 Å². The lowest BCUT2D eigenvalue weighted by atomic mass is 10.1. The molecule has 7 heteroatoms. The van der Waals surface area contributed by atoms with E-state index in [2.05, 4.69) is 15.5 Å². The molecule has 0 spiro atoms. The van der Waals surface area contributed by atoms with Gasteiger partial charge in [0, 0.05) is 7.05 Å². The fourth-order valence-corrected chi connectivity index (χ4v) is 2.47. The second-order valence-electron chi connectivity index (χ2n) is 4.69. The van der Waals surface area contributed by atoms with Crippen LogP contribution in [0.5, 0.6) is 5.75 Å². The average Bonchev–Trinajstić information content (AvgIpc) is 2.88. The summed E-state index contributed by atoms with van der Waals surface area (Å²) in [5, 5.41) is 11.8. The van der Waals surface area contributed by atoms with Gasteiger partial charge in [0.1, 0.15) is 5.75 Å². The summed E-state index contributed by atoms with van der Waals surface area (Å²) in [6.45, 7) is 2.95. The summed E-state index contributed by atoms with van der Waals surface area (Å²) in [6.07, 6.45) is 2.28. The third-order valence-corrected chi connectivity index (χ3v) is 3.87. The Kier molecular flexibility index (Phi) is 5.83. The van der Waals surface area contributed by atoms with E-state index < -0.39 is 0 Å². The van der Waals surface area contributed by atoms with Crippen LogP contribution in [0.1, 0.15) is 18.3 Å². The van der Waals surface area contributed by atoms with Crippen LogP contribution < -0.4 is 10.1 Å². The van der Waals surface area contributed by atoms with Gasteiger partial charge in [-0.15, -0.1) is 10.2 Å². The highest BCUT2D eigenvalue weighted by Crippen LogP contribution is 2.13. The molecule has 0 fully saturated rings. The van der Waals surface area contributed by atoms with Gasteiger partial charge in [-0.25, -0.2) is 0 Å². The summed E-state index contributed by atoms with van der Waals surface area (Å²) in [5.41, 5.74) is 0.948. The molecule has 0 saturated heterocycles. The average molecular weight is 320 g/mol. The molecule has 0 aliphatic rings. The predicted octanol–water partition coefficient (Wildman–Crippen LogP) is 1.79. The quantitative estimate of drug-likeness (QED) is 0.788. The highest BCUT2D eigenvalue weighted by atomic mass is 32.2. The van der Waals surface area contributed by atoms with Gasteiger partial charge in [-0.3, -0.25) is 4.79 Å². The summed E-state index contributed by atoms with van der Waals surface area (Å²) in [4.78, 5) is 12.0. The van der Waals surface area contributed by atoms with E-state index in [4.69, 9.17) is 4.74 Å². The highest BCUT2D eigenvalue weighted by molar-refractivity contribution is 7.98. The van der Waals surface area contributed by atoms with Gasteiger partial charge in [0.05, 0.1) is 19.6 Å². The molecule has 6 nitrogen and oxygen atoms in total. The molecule has 0 aliphatic heterocycles. The Morgan fingerprint density at radius 2 is 2.05 bits per heavy atom. The van der Waals surface area contributed by atoms with Crippen LogP contribution in [0.4, 0.5) is 0 Å². The molecule has 0 radical (unpaired) electrons. The van der Waals surface area contributed by atoms with E-state index in [1.807, 2.05) is 49.1 Å². The Labute approximate surface area is 134 Å².